The summed E-state index contributed by atoms with van der Waals surface area (Å²) < 4.78 is 0. The molecule has 1 atom stereocenters. The zero-order chi connectivity index (χ0) is 11.2. The second kappa shape index (κ2) is 3.70. The van der Waals surface area contributed by atoms with E-state index in [2.05, 4.69) is 10.2 Å². The van der Waals surface area contributed by atoms with E-state index in [1.165, 1.54) is 12.8 Å². The maximum absolute atomic E-state index is 11.9. The summed E-state index contributed by atoms with van der Waals surface area (Å²) in [4.78, 5) is 14.4. The quantitative estimate of drug-likeness (QED) is 0.719. The summed E-state index contributed by atoms with van der Waals surface area (Å²) in [6.07, 6.45) is 6.61. The second-order valence-electron chi connectivity index (χ2n) is 5.69. The van der Waals surface area contributed by atoms with Crippen molar-refractivity contribution in [3.63, 3.8) is 0 Å². The Bertz CT molecular complexity index is 297. The number of carbonyl (C=O) groups excluding carboxylic acids is 1. The van der Waals surface area contributed by atoms with E-state index >= 15 is 0 Å². The minimum Gasteiger partial charge on any atom is -0.350 e. The van der Waals surface area contributed by atoms with Crippen LogP contribution in [0.5, 0.6) is 0 Å². The van der Waals surface area contributed by atoms with Gasteiger partial charge in [0.2, 0.25) is 5.91 Å². The number of nitrogens with two attached hydrogens (primary N) is 1. The molecule has 0 aromatic carbocycles. The SMILES string of the molecule is NC1(C(=O)NC2CCN(C3CC3)C2)CCC1. The van der Waals surface area contributed by atoms with Crippen molar-refractivity contribution in [2.45, 2.75) is 56.1 Å². The molecule has 3 fully saturated rings. The molecule has 0 aromatic rings. The molecule has 4 heteroatoms. The van der Waals surface area contributed by atoms with Crippen molar-refractivity contribution in [2.75, 3.05) is 13.1 Å². The van der Waals surface area contributed by atoms with Gasteiger partial charge in [0.15, 0.2) is 0 Å². The van der Waals surface area contributed by atoms with Gasteiger partial charge in [-0.15, -0.1) is 0 Å². The molecule has 16 heavy (non-hydrogen) atoms. The first-order valence-electron chi connectivity index (χ1n) is 6.51. The number of amides is 1. The number of hydrogen-bond acceptors (Lipinski definition) is 3. The fourth-order valence-corrected chi connectivity index (χ4v) is 2.79. The van der Waals surface area contributed by atoms with Crippen LogP contribution in [0, 0.1) is 0 Å². The monoisotopic (exact) mass is 223 g/mol. The average molecular weight is 223 g/mol. The Morgan fingerprint density at radius 2 is 2.06 bits per heavy atom. The fraction of sp³-hybridized carbons (Fsp3) is 0.917. The summed E-state index contributed by atoms with van der Waals surface area (Å²) in [5, 5.41) is 3.13. The van der Waals surface area contributed by atoms with E-state index < -0.39 is 5.54 Å². The van der Waals surface area contributed by atoms with Crippen molar-refractivity contribution in [3.05, 3.63) is 0 Å². The highest BCUT2D eigenvalue weighted by molar-refractivity contribution is 5.87. The molecule has 3 rings (SSSR count). The number of nitrogens with one attached hydrogen (secondary N) is 1. The van der Waals surface area contributed by atoms with Crippen LogP contribution in [-0.4, -0.2) is 41.5 Å². The van der Waals surface area contributed by atoms with Gasteiger partial charge in [-0.3, -0.25) is 9.69 Å². The summed E-state index contributed by atoms with van der Waals surface area (Å²) in [5.74, 6) is 0.0846. The van der Waals surface area contributed by atoms with Gasteiger partial charge in [0.05, 0.1) is 5.54 Å². The van der Waals surface area contributed by atoms with Gasteiger partial charge in [-0.25, -0.2) is 0 Å². The smallest absolute Gasteiger partial charge is 0.240 e. The zero-order valence-corrected chi connectivity index (χ0v) is 9.74. The van der Waals surface area contributed by atoms with Crippen molar-refractivity contribution < 1.29 is 4.79 Å². The zero-order valence-electron chi connectivity index (χ0n) is 9.74. The van der Waals surface area contributed by atoms with Crippen LogP contribution in [0.25, 0.3) is 0 Å². The highest BCUT2D eigenvalue weighted by Gasteiger charge is 2.42. The lowest BCUT2D eigenvalue weighted by molar-refractivity contribution is -0.129. The van der Waals surface area contributed by atoms with Gasteiger partial charge in [0.1, 0.15) is 0 Å². The Kier molecular flexibility index (Phi) is 2.44. The van der Waals surface area contributed by atoms with Crippen molar-refractivity contribution in [1.29, 1.82) is 0 Å². The Morgan fingerprint density at radius 1 is 1.31 bits per heavy atom. The van der Waals surface area contributed by atoms with Gasteiger partial charge in [-0.1, -0.05) is 0 Å². The maximum Gasteiger partial charge on any atom is 0.240 e. The average Bonchev–Trinajstić information content (AvgIpc) is 2.97. The van der Waals surface area contributed by atoms with E-state index in [1.54, 1.807) is 0 Å². The Hall–Kier alpha value is -0.610. The van der Waals surface area contributed by atoms with Gasteiger partial charge >= 0.3 is 0 Å². The third kappa shape index (κ3) is 1.84. The summed E-state index contributed by atoms with van der Waals surface area (Å²) in [6.45, 7) is 2.18. The van der Waals surface area contributed by atoms with Gasteiger partial charge in [-0.05, 0) is 38.5 Å². The number of nitrogens with zero attached hydrogens (tertiary/aromatic N) is 1. The van der Waals surface area contributed by atoms with Gasteiger partial charge in [-0.2, -0.15) is 0 Å². The lowest BCUT2D eigenvalue weighted by atomic mass is 9.77. The summed E-state index contributed by atoms with van der Waals surface area (Å²) >= 11 is 0. The van der Waals surface area contributed by atoms with E-state index in [9.17, 15) is 4.79 Å². The van der Waals surface area contributed by atoms with Gasteiger partial charge < -0.3 is 11.1 Å². The summed E-state index contributed by atoms with van der Waals surface area (Å²) in [6, 6.07) is 1.16. The van der Waals surface area contributed by atoms with Crippen molar-refractivity contribution in [2.24, 2.45) is 5.73 Å². The molecule has 0 radical (unpaired) electrons. The molecular formula is C12H21N3O. The topological polar surface area (TPSA) is 58.4 Å². The van der Waals surface area contributed by atoms with E-state index in [-0.39, 0.29) is 5.91 Å². The van der Waals surface area contributed by atoms with E-state index in [1.807, 2.05) is 0 Å². The fourth-order valence-electron chi connectivity index (χ4n) is 2.79. The number of hydrogen-bond donors (Lipinski definition) is 2. The van der Waals surface area contributed by atoms with Crippen molar-refractivity contribution >= 4 is 5.91 Å². The maximum atomic E-state index is 11.9. The van der Waals surface area contributed by atoms with Crippen LogP contribution in [0.2, 0.25) is 0 Å². The molecule has 0 spiro atoms. The molecule has 4 nitrogen and oxygen atoms in total. The molecule has 3 aliphatic rings. The Balaban J connectivity index is 1.49. The molecule has 0 aromatic heterocycles. The number of carbonyl (C=O) groups is 1. The molecule has 90 valence electrons. The first-order valence-corrected chi connectivity index (χ1v) is 6.51. The predicted octanol–water partition coefficient (Wildman–Crippen LogP) is 0.221. The number of likely N-dealkylation sites (tertiary alicyclic amines) is 1. The molecule has 3 N–H and O–H groups in total. The minimum atomic E-state index is -0.535. The van der Waals surface area contributed by atoms with E-state index in [0.717, 1.165) is 44.8 Å². The molecule has 2 saturated carbocycles. The Morgan fingerprint density at radius 3 is 2.62 bits per heavy atom. The normalized spacial score (nSPS) is 33.4. The highest BCUT2D eigenvalue weighted by Crippen LogP contribution is 2.31. The van der Waals surface area contributed by atoms with Crippen LogP contribution in [0.15, 0.2) is 0 Å². The van der Waals surface area contributed by atoms with Crippen LogP contribution in [0.4, 0.5) is 0 Å². The van der Waals surface area contributed by atoms with Crippen LogP contribution in [0.3, 0.4) is 0 Å². The molecule has 1 unspecified atom stereocenters. The molecule has 1 saturated heterocycles. The van der Waals surface area contributed by atoms with E-state index in [0.29, 0.717) is 6.04 Å². The van der Waals surface area contributed by atoms with Gasteiger partial charge in [0, 0.05) is 25.2 Å². The predicted molar refractivity (Wildman–Crippen MR) is 61.9 cm³/mol. The van der Waals surface area contributed by atoms with Crippen LogP contribution >= 0.6 is 0 Å². The van der Waals surface area contributed by atoms with Crippen LogP contribution < -0.4 is 11.1 Å². The molecule has 1 amide bonds. The highest BCUT2D eigenvalue weighted by atomic mass is 16.2. The molecule has 2 aliphatic carbocycles. The van der Waals surface area contributed by atoms with Crippen LogP contribution in [-0.2, 0) is 4.79 Å². The second-order valence-corrected chi connectivity index (χ2v) is 5.69. The third-order valence-corrected chi connectivity index (χ3v) is 4.32. The first-order chi connectivity index (χ1) is 7.67. The Labute approximate surface area is 96.5 Å². The van der Waals surface area contributed by atoms with Gasteiger partial charge in [0.25, 0.3) is 0 Å². The lowest BCUT2D eigenvalue weighted by Gasteiger charge is -2.37. The third-order valence-electron chi connectivity index (χ3n) is 4.32. The lowest BCUT2D eigenvalue weighted by Crippen LogP contribution is -2.60. The van der Waals surface area contributed by atoms with Crippen molar-refractivity contribution in [1.82, 2.24) is 10.2 Å². The minimum absolute atomic E-state index is 0.0846. The molecule has 1 heterocycles. The summed E-state index contributed by atoms with van der Waals surface area (Å²) in [5.41, 5.74) is 5.47. The first kappa shape index (κ1) is 10.5. The molecular weight excluding hydrogens is 202 g/mol. The largest absolute Gasteiger partial charge is 0.350 e. The van der Waals surface area contributed by atoms with E-state index in [4.69, 9.17) is 5.73 Å². The standard InChI is InChI=1S/C12H21N3O/c13-12(5-1-6-12)11(16)14-9-4-7-15(8-9)10-2-3-10/h9-10H,1-8,13H2,(H,14,16). The van der Waals surface area contributed by atoms with Crippen molar-refractivity contribution in [3.8, 4) is 0 Å². The molecule has 0 bridgehead atoms. The molecule has 1 aliphatic heterocycles. The van der Waals surface area contributed by atoms with Crippen LogP contribution in [0.1, 0.15) is 38.5 Å². The number of rotatable bonds is 3. The summed E-state index contributed by atoms with van der Waals surface area (Å²) in [7, 11) is 0.